The lowest BCUT2D eigenvalue weighted by atomic mass is 9.85. The van der Waals surface area contributed by atoms with Gasteiger partial charge in [-0.1, -0.05) is 19.3 Å². The predicted molar refractivity (Wildman–Crippen MR) is 48.6 cm³/mol. The van der Waals surface area contributed by atoms with E-state index < -0.39 is 0 Å². The monoisotopic (exact) mass is 168 g/mol. The fraction of sp³-hybridized carbons (Fsp3) is 0.900. The summed E-state index contributed by atoms with van der Waals surface area (Å²) in [5, 5.41) is 3.37. The quantitative estimate of drug-likeness (QED) is 0.643. The lowest BCUT2D eigenvalue weighted by molar-refractivity contribution is 0.0643. The molecule has 0 aromatic carbocycles. The van der Waals surface area contributed by atoms with E-state index in [4.69, 9.17) is 4.74 Å². The second-order valence-electron chi connectivity index (χ2n) is 3.83. The van der Waals surface area contributed by atoms with Crippen LogP contribution in [0.4, 0.5) is 0 Å². The maximum absolute atomic E-state index is 5.67. The molecule has 0 spiro atoms. The predicted octanol–water partition coefficient (Wildman–Crippen LogP) is 1.72. The zero-order valence-electron chi connectivity index (χ0n) is 7.64. The van der Waals surface area contributed by atoms with Crippen LogP contribution in [0.25, 0.3) is 0 Å². The molecule has 2 rings (SSSR count). The fourth-order valence-electron chi connectivity index (χ4n) is 2.20. The van der Waals surface area contributed by atoms with E-state index in [9.17, 15) is 0 Å². The van der Waals surface area contributed by atoms with Gasteiger partial charge in [0.25, 0.3) is 0 Å². The van der Waals surface area contributed by atoms with E-state index in [1.807, 2.05) is 0 Å². The molecule has 1 N–H and O–H groups in total. The van der Waals surface area contributed by atoms with Crippen molar-refractivity contribution in [2.24, 2.45) is 5.92 Å². The SMILES string of the molecule is C1CCC([C]2CNCCO2)CC1. The van der Waals surface area contributed by atoms with Crippen LogP contribution < -0.4 is 5.32 Å². The van der Waals surface area contributed by atoms with E-state index in [0.29, 0.717) is 0 Å². The number of hydrogen-bond donors (Lipinski definition) is 1. The smallest absolute Gasteiger partial charge is 0.114 e. The van der Waals surface area contributed by atoms with Gasteiger partial charge in [-0.15, -0.1) is 0 Å². The summed E-state index contributed by atoms with van der Waals surface area (Å²) in [7, 11) is 0. The Morgan fingerprint density at radius 2 is 2.00 bits per heavy atom. The first-order chi connectivity index (χ1) is 5.97. The van der Waals surface area contributed by atoms with Crippen molar-refractivity contribution in [1.82, 2.24) is 5.32 Å². The molecular formula is C10H18NO. The first kappa shape index (κ1) is 8.52. The Morgan fingerprint density at radius 1 is 1.17 bits per heavy atom. The highest BCUT2D eigenvalue weighted by Gasteiger charge is 2.26. The van der Waals surface area contributed by atoms with E-state index in [0.717, 1.165) is 25.6 Å². The van der Waals surface area contributed by atoms with Gasteiger partial charge in [-0.25, -0.2) is 0 Å². The number of ether oxygens (including phenoxy) is 1. The molecule has 0 amide bonds. The molecule has 0 aromatic rings. The third-order valence-corrected chi connectivity index (χ3v) is 2.93. The van der Waals surface area contributed by atoms with Crippen molar-refractivity contribution in [2.75, 3.05) is 19.7 Å². The molecule has 1 aliphatic heterocycles. The fourth-order valence-corrected chi connectivity index (χ4v) is 2.20. The minimum Gasteiger partial charge on any atom is -0.369 e. The highest BCUT2D eigenvalue weighted by Crippen LogP contribution is 2.32. The molecule has 1 saturated carbocycles. The van der Waals surface area contributed by atoms with Crippen LogP contribution in [0.15, 0.2) is 0 Å². The number of morpholine rings is 1. The van der Waals surface area contributed by atoms with Crippen LogP contribution >= 0.6 is 0 Å². The van der Waals surface area contributed by atoms with Crippen molar-refractivity contribution in [1.29, 1.82) is 0 Å². The summed E-state index contributed by atoms with van der Waals surface area (Å²) < 4.78 is 5.67. The van der Waals surface area contributed by atoms with Crippen LogP contribution in [0.2, 0.25) is 0 Å². The molecule has 0 atom stereocenters. The normalized spacial score (nSPS) is 29.0. The van der Waals surface area contributed by atoms with Gasteiger partial charge < -0.3 is 10.1 Å². The zero-order valence-corrected chi connectivity index (χ0v) is 7.64. The highest BCUT2D eigenvalue weighted by molar-refractivity contribution is 4.93. The summed E-state index contributed by atoms with van der Waals surface area (Å²) in [5.74, 6) is 0.770. The van der Waals surface area contributed by atoms with Gasteiger partial charge in [0.1, 0.15) is 6.10 Å². The molecule has 69 valence electrons. The Bertz CT molecular complexity index is 110. The molecule has 0 unspecified atom stereocenters. The summed E-state index contributed by atoms with van der Waals surface area (Å²) in [6, 6.07) is 0. The minimum absolute atomic E-state index is 0.770. The van der Waals surface area contributed by atoms with Crippen molar-refractivity contribution in [3.63, 3.8) is 0 Å². The van der Waals surface area contributed by atoms with Gasteiger partial charge in [-0.2, -0.15) is 0 Å². The Kier molecular flexibility index (Phi) is 3.01. The molecule has 1 heterocycles. The van der Waals surface area contributed by atoms with E-state index >= 15 is 0 Å². The first-order valence-electron chi connectivity index (χ1n) is 5.16. The average Bonchev–Trinajstić information content (AvgIpc) is 2.21. The molecule has 2 nitrogen and oxygen atoms in total. The Hall–Kier alpha value is -0.0800. The van der Waals surface area contributed by atoms with E-state index in [1.54, 1.807) is 0 Å². The summed E-state index contributed by atoms with van der Waals surface area (Å²) in [4.78, 5) is 0. The van der Waals surface area contributed by atoms with Crippen molar-refractivity contribution in [3.8, 4) is 0 Å². The Morgan fingerprint density at radius 3 is 2.67 bits per heavy atom. The van der Waals surface area contributed by atoms with Crippen LogP contribution in [-0.2, 0) is 4.74 Å². The number of rotatable bonds is 1. The molecule has 2 fully saturated rings. The molecule has 2 aliphatic rings. The summed E-state index contributed by atoms with van der Waals surface area (Å²) >= 11 is 0. The third-order valence-electron chi connectivity index (χ3n) is 2.93. The average molecular weight is 168 g/mol. The maximum Gasteiger partial charge on any atom is 0.114 e. The second kappa shape index (κ2) is 4.24. The van der Waals surface area contributed by atoms with Gasteiger partial charge in [-0.05, 0) is 18.8 Å². The molecule has 1 aliphatic carbocycles. The Labute approximate surface area is 74.7 Å². The largest absolute Gasteiger partial charge is 0.369 e. The van der Waals surface area contributed by atoms with Crippen LogP contribution in [0.3, 0.4) is 0 Å². The van der Waals surface area contributed by atoms with Crippen molar-refractivity contribution < 1.29 is 4.74 Å². The van der Waals surface area contributed by atoms with Crippen LogP contribution in [0.1, 0.15) is 32.1 Å². The van der Waals surface area contributed by atoms with Crippen molar-refractivity contribution in [3.05, 3.63) is 6.10 Å². The van der Waals surface area contributed by atoms with E-state index in [1.165, 1.54) is 38.2 Å². The molecule has 12 heavy (non-hydrogen) atoms. The second-order valence-corrected chi connectivity index (χ2v) is 3.83. The standard InChI is InChI=1S/C10H18NO/c1-2-4-9(5-3-1)10-8-11-6-7-12-10/h9,11H,1-8H2. The lowest BCUT2D eigenvalue weighted by Gasteiger charge is -2.32. The van der Waals surface area contributed by atoms with Gasteiger partial charge in [0.05, 0.1) is 6.61 Å². The summed E-state index contributed by atoms with van der Waals surface area (Å²) in [6.45, 7) is 2.91. The summed E-state index contributed by atoms with van der Waals surface area (Å²) in [5.41, 5.74) is 0. The van der Waals surface area contributed by atoms with Crippen molar-refractivity contribution >= 4 is 0 Å². The van der Waals surface area contributed by atoms with Gasteiger partial charge in [0.15, 0.2) is 0 Å². The summed E-state index contributed by atoms with van der Waals surface area (Å²) in [6.07, 6.45) is 8.28. The molecule has 1 radical (unpaired) electrons. The first-order valence-corrected chi connectivity index (χ1v) is 5.16. The number of hydrogen-bond acceptors (Lipinski definition) is 2. The minimum atomic E-state index is 0.770. The zero-order chi connectivity index (χ0) is 8.23. The highest BCUT2D eigenvalue weighted by atomic mass is 16.5. The topological polar surface area (TPSA) is 21.3 Å². The van der Waals surface area contributed by atoms with Crippen LogP contribution in [-0.4, -0.2) is 19.7 Å². The van der Waals surface area contributed by atoms with Crippen molar-refractivity contribution in [2.45, 2.75) is 32.1 Å². The van der Waals surface area contributed by atoms with Gasteiger partial charge in [-0.3, -0.25) is 0 Å². The molecule has 0 aromatic heterocycles. The Balaban J connectivity index is 1.80. The third kappa shape index (κ3) is 1.99. The van der Waals surface area contributed by atoms with Gasteiger partial charge in [0, 0.05) is 13.1 Å². The maximum atomic E-state index is 5.67. The van der Waals surface area contributed by atoms with Gasteiger partial charge >= 0.3 is 0 Å². The van der Waals surface area contributed by atoms with E-state index in [2.05, 4.69) is 5.32 Å². The molecule has 0 bridgehead atoms. The van der Waals surface area contributed by atoms with Crippen LogP contribution in [0, 0.1) is 12.0 Å². The van der Waals surface area contributed by atoms with E-state index in [-0.39, 0.29) is 0 Å². The molecule has 2 heteroatoms. The molecule has 1 saturated heterocycles. The molecular weight excluding hydrogens is 150 g/mol. The number of nitrogens with one attached hydrogen (secondary N) is 1. The van der Waals surface area contributed by atoms with Crippen LogP contribution in [0.5, 0.6) is 0 Å². The lowest BCUT2D eigenvalue weighted by Crippen LogP contribution is -2.37. The van der Waals surface area contributed by atoms with Gasteiger partial charge in [0.2, 0.25) is 0 Å².